The van der Waals surface area contributed by atoms with Crippen LogP contribution in [-0.4, -0.2) is 6.54 Å². The molecule has 0 heterocycles. The maximum Gasteiger partial charge on any atom is 0.0323 e. The highest BCUT2D eigenvalue weighted by Gasteiger charge is 2.23. The summed E-state index contributed by atoms with van der Waals surface area (Å²) in [7, 11) is 0. The number of benzene rings is 1. The van der Waals surface area contributed by atoms with Crippen LogP contribution in [0.3, 0.4) is 0 Å². The van der Waals surface area contributed by atoms with E-state index in [0.717, 1.165) is 6.54 Å². The molecule has 1 aromatic rings. The third kappa shape index (κ3) is 2.26. The topological polar surface area (TPSA) is 12.0 Å². The number of nitrogens with one attached hydrogen (secondary N) is 1. The van der Waals surface area contributed by atoms with Crippen molar-refractivity contribution in [2.75, 3.05) is 6.54 Å². The van der Waals surface area contributed by atoms with Crippen LogP contribution in [0, 0.1) is 0 Å². The van der Waals surface area contributed by atoms with E-state index in [1.165, 1.54) is 28.4 Å². The minimum absolute atomic E-state index is 0.554. The zero-order valence-corrected chi connectivity index (χ0v) is 11.0. The highest BCUT2D eigenvalue weighted by molar-refractivity contribution is 9.10. The Morgan fingerprint density at radius 2 is 2.13 bits per heavy atom. The summed E-state index contributed by atoms with van der Waals surface area (Å²) in [6.45, 7) is 5.55. The lowest BCUT2D eigenvalue weighted by Crippen LogP contribution is -2.25. The highest BCUT2D eigenvalue weighted by Crippen LogP contribution is 2.38. The van der Waals surface area contributed by atoms with E-state index in [0.29, 0.717) is 12.0 Å². The molecule has 0 radical (unpaired) electrons. The fourth-order valence-corrected chi connectivity index (χ4v) is 2.86. The first-order valence-corrected chi connectivity index (χ1v) is 6.54. The predicted octanol–water partition coefficient (Wildman–Crippen LogP) is 4.00. The maximum absolute atomic E-state index is 3.57. The van der Waals surface area contributed by atoms with Crippen molar-refractivity contribution in [1.82, 2.24) is 5.32 Å². The van der Waals surface area contributed by atoms with Gasteiger partial charge in [0, 0.05) is 10.5 Å². The van der Waals surface area contributed by atoms with Gasteiger partial charge in [0.05, 0.1) is 0 Å². The Bertz CT molecular complexity index is 348. The Kier molecular flexibility index (Phi) is 3.47. The zero-order chi connectivity index (χ0) is 10.8. The van der Waals surface area contributed by atoms with Gasteiger partial charge >= 0.3 is 0 Å². The van der Waals surface area contributed by atoms with Crippen LogP contribution in [-0.2, 0) is 0 Å². The summed E-state index contributed by atoms with van der Waals surface area (Å²) >= 11 is 3.56. The van der Waals surface area contributed by atoms with Gasteiger partial charge in [0.15, 0.2) is 0 Å². The predicted molar refractivity (Wildman–Crippen MR) is 68.2 cm³/mol. The van der Waals surface area contributed by atoms with Crippen molar-refractivity contribution in [3.05, 3.63) is 33.8 Å². The third-order valence-electron chi connectivity index (χ3n) is 3.29. The van der Waals surface area contributed by atoms with E-state index in [1.54, 1.807) is 0 Å². The van der Waals surface area contributed by atoms with Crippen LogP contribution >= 0.6 is 15.9 Å². The molecule has 0 aliphatic heterocycles. The molecular weight excluding hydrogens is 250 g/mol. The lowest BCUT2D eigenvalue weighted by atomic mass is 9.81. The van der Waals surface area contributed by atoms with Crippen molar-refractivity contribution in [3.63, 3.8) is 0 Å². The van der Waals surface area contributed by atoms with Gasteiger partial charge < -0.3 is 5.32 Å². The van der Waals surface area contributed by atoms with Crippen LogP contribution in [0.4, 0.5) is 0 Å². The molecule has 1 aliphatic carbocycles. The summed E-state index contributed by atoms with van der Waals surface area (Å²) in [5, 5.41) is 3.57. The van der Waals surface area contributed by atoms with Crippen LogP contribution in [0.2, 0.25) is 0 Å². The average molecular weight is 268 g/mol. The van der Waals surface area contributed by atoms with Crippen molar-refractivity contribution in [1.29, 1.82) is 0 Å². The largest absolute Gasteiger partial charge is 0.310 e. The molecule has 2 rings (SSSR count). The van der Waals surface area contributed by atoms with E-state index >= 15 is 0 Å². The SMILES string of the molecule is CCNC1CCC(C)c2ccc(Br)cc21. The van der Waals surface area contributed by atoms with Gasteiger partial charge in [-0.25, -0.2) is 0 Å². The van der Waals surface area contributed by atoms with E-state index in [1.807, 2.05) is 0 Å². The van der Waals surface area contributed by atoms with Crippen LogP contribution < -0.4 is 5.32 Å². The van der Waals surface area contributed by atoms with E-state index in [4.69, 9.17) is 0 Å². The molecule has 15 heavy (non-hydrogen) atoms. The molecule has 1 aliphatic rings. The zero-order valence-electron chi connectivity index (χ0n) is 9.39. The minimum Gasteiger partial charge on any atom is -0.310 e. The summed E-state index contributed by atoms with van der Waals surface area (Å²) in [6.07, 6.45) is 2.56. The third-order valence-corrected chi connectivity index (χ3v) is 3.79. The van der Waals surface area contributed by atoms with Crippen LogP contribution in [0.1, 0.15) is 49.8 Å². The average Bonchev–Trinajstić information content (AvgIpc) is 2.22. The Morgan fingerprint density at radius 1 is 1.33 bits per heavy atom. The normalized spacial score (nSPS) is 25.0. The molecule has 2 heteroatoms. The number of rotatable bonds is 2. The molecule has 0 aromatic heterocycles. The molecule has 0 spiro atoms. The number of halogens is 1. The van der Waals surface area contributed by atoms with Gasteiger partial charge in [-0.05, 0) is 48.6 Å². The van der Waals surface area contributed by atoms with Gasteiger partial charge in [0.25, 0.3) is 0 Å². The smallest absolute Gasteiger partial charge is 0.0323 e. The molecule has 0 amide bonds. The van der Waals surface area contributed by atoms with Gasteiger partial charge in [-0.2, -0.15) is 0 Å². The summed E-state index contributed by atoms with van der Waals surface area (Å²) in [6, 6.07) is 7.26. The first-order chi connectivity index (χ1) is 7.22. The molecule has 1 N–H and O–H groups in total. The molecular formula is C13H18BrN. The number of fused-ring (bicyclic) bond motifs is 1. The summed E-state index contributed by atoms with van der Waals surface area (Å²) in [5.41, 5.74) is 3.01. The van der Waals surface area contributed by atoms with Gasteiger partial charge in [0.2, 0.25) is 0 Å². The van der Waals surface area contributed by atoms with Gasteiger partial charge in [-0.3, -0.25) is 0 Å². The quantitative estimate of drug-likeness (QED) is 0.855. The van der Waals surface area contributed by atoms with Crippen LogP contribution in [0.25, 0.3) is 0 Å². The van der Waals surface area contributed by atoms with E-state index in [9.17, 15) is 0 Å². The molecule has 2 atom stereocenters. The Balaban J connectivity index is 2.37. The standard InChI is InChI=1S/C13H18BrN/c1-3-15-13-7-4-9(2)11-6-5-10(14)8-12(11)13/h5-6,8-9,13,15H,3-4,7H2,1-2H3. The number of hydrogen-bond acceptors (Lipinski definition) is 1. The van der Waals surface area contributed by atoms with Crippen LogP contribution in [0.15, 0.2) is 22.7 Å². The first-order valence-electron chi connectivity index (χ1n) is 5.75. The Morgan fingerprint density at radius 3 is 2.87 bits per heavy atom. The van der Waals surface area contributed by atoms with Gasteiger partial charge in [-0.1, -0.05) is 35.8 Å². The summed E-state index contributed by atoms with van der Waals surface area (Å²) in [4.78, 5) is 0. The lowest BCUT2D eigenvalue weighted by Gasteiger charge is -2.30. The monoisotopic (exact) mass is 267 g/mol. The molecule has 0 saturated heterocycles. The summed E-state index contributed by atoms with van der Waals surface area (Å²) < 4.78 is 1.19. The fourth-order valence-electron chi connectivity index (χ4n) is 2.48. The Labute approximate surface area is 100 Å². The van der Waals surface area contributed by atoms with E-state index in [2.05, 4.69) is 53.3 Å². The van der Waals surface area contributed by atoms with Crippen molar-refractivity contribution in [2.45, 2.75) is 38.6 Å². The van der Waals surface area contributed by atoms with Crippen LogP contribution in [0.5, 0.6) is 0 Å². The second-order valence-corrected chi connectivity index (χ2v) is 5.28. The van der Waals surface area contributed by atoms with Crippen molar-refractivity contribution >= 4 is 15.9 Å². The molecule has 82 valence electrons. The fraction of sp³-hybridized carbons (Fsp3) is 0.538. The molecule has 0 bridgehead atoms. The lowest BCUT2D eigenvalue weighted by molar-refractivity contribution is 0.441. The molecule has 0 fully saturated rings. The van der Waals surface area contributed by atoms with Gasteiger partial charge in [-0.15, -0.1) is 0 Å². The first kappa shape index (κ1) is 11.2. The van der Waals surface area contributed by atoms with E-state index in [-0.39, 0.29) is 0 Å². The molecule has 1 nitrogen and oxygen atoms in total. The minimum atomic E-state index is 0.554. The second kappa shape index (κ2) is 4.67. The maximum atomic E-state index is 3.57. The second-order valence-electron chi connectivity index (χ2n) is 4.36. The summed E-state index contributed by atoms with van der Waals surface area (Å²) in [5.74, 6) is 0.711. The van der Waals surface area contributed by atoms with E-state index < -0.39 is 0 Å². The highest BCUT2D eigenvalue weighted by atomic mass is 79.9. The van der Waals surface area contributed by atoms with Gasteiger partial charge in [0.1, 0.15) is 0 Å². The van der Waals surface area contributed by atoms with Crippen molar-refractivity contribution < 1.29 is 0 Å². The molecule has 0 saturated carbocycles. The Hall–Kier alpha value is -0.340. The molecule has 2 unspecified atom stereocenters. The van der Waals surface area contributed by atoms with Crippen molar-refractivity contribution in [2.24, 2.45) is 0 Å². The van der Waals surface area contributed by atoms with Crippen molar-refractivity contribution in [3.8, 4) is 0 Å². The number of hydrogen-bond donors (Lipinski definition) is 1. The molecule has 1 aromatic carbocycles.